The molecule has 0 unspecified atom stereocenters. The van der Waals surface area contributed by atoms with Gasteiger partial charge in [-0.3, -0.25) is 0 Å². The van der Waals surface area contributed by atoms with Crippen molar-refractivity contribution in [2.24, 2.45) is 0 Å². The summed E-state index contributed by atoms with van der Waals surface area (Å²) in [6.45, 7) is 0. The van der Waals surface area contributed by atoms with Gasteiger partial charge >= 0.3 is 0 Å². The number of aromatic nitrogens is 6. The first-order valence-corrected chi connectivity index (χ1v) is 31.4. The second kappa shape index (κ2) is 15.3. The first-order valence-electron chi connectivity index (χ1n) is 31.4. The molecule has 10 aromatic heterocycles. The van der Waals surface area contributed by atoms with E-state index in [0.29, 0.717) is 0 Å². The lowest BCUT2D eigenvalue weighted by Gasteiger charge is -2.08. The summed E-state index contributed by atoms with van der Waals surface area (Å²) in [5.41, 5.74) is 24.7. The largest absolute Gasteiger partial charge is 0.309 e. The third kappa shape index (κ3) is 4.96. The molecule has 0 fully saturated rings. The maximum atomic E-state index is 2.62. The van der Waals surface area contributed by atoms with Gasteiger partial charge in [0.2, 0.25) is 0 Å². The van der Waals surface area contributed by atoms with Crippen LogP contribution >= 0.6 is 0 Å². The van der Waals surface area contributed by atoms with Crippen molar-refractivity contribution in [1.82, 2.24) is 26.7 Å². The fourth-order valence-electron chi connectivity index (χ4n) is 18.3. The molecule has 0 saturated heterocycles. The quantitative estimate of drug-likeness (QED) is 0.169. The highest BCUT2D eigenvalue weighted by atomic mass is 15.0. The van der Waals surface area contributed by atoms with Gasteiger partial charge in [-0.15, -0.1) is 0 Å². The molecule has 24 aromatic rings. The molecule has 410 valence electrons. The number of fused-ring (bicyclic) bond motifs is 34. The Morgan fingerprint density at radius 3 is 1.20 bits per heavy atom. The van der Waals surface area contributed by atoms with E-state index in [0.717, 1.165) is 11.4 Å². The normalized spacial score (nSPS) is 13.1. The van der Waals surface area contributed by atoms with Gasteiger partial charge in [0, 0.05) is 119 Å². The molecule has 0 atom stereocenters. The molecule has 10 heterocycles. The zero-order chi connectivity index (χ0) is 57.7. The minimum absolute atomic E-state index is 1.16. The van der Waals surface area contributed by atoms with E-state index >= 15 is 0 Å². The molecule has 0 aliphatic heterocycles. The van der Waals surface area contributed by atoms with E-state index in [1.54, 1.807) is 0 Å². The Morgan fingerprint density at radius 1 is 0.167 bits per heavy atom. The Hall–Kier alpha value is -12.1. The molecular weight excluding hydrogens is 1090 g/mol. The highest BCUT2D eigenvalue weighted by molar-refractivity contribution is 6.45. The first kappa shape index (κ1) is 45.2. The van der Waals surface area contributed by atoms with E-state index in [1.807, 2.05) is 0 Å². The Morgan fingerprint density at radius 2 is 0.556 bits per heavy atom. The Labute approximate surface area is 509 Å². The van der Waals surface area contributed by atoms with Gasteiger partial charge in [0.25, 0.3) is 0 Å². The van der Waals surface area contributed by atoms with Gasteiger partial charge in [0.15, 0.2) is 0 Å². The summed E-state index contributed by atoms with van der Waals surface area (Å²) in [6.07, 6.45) is 0. The van der Waals surface area contributed by atoms with Crippen molar-refractivity contribution in [3.8, 4) is 22.5 Å². The molecule has 24 rings (SSSR count). The van der Waals surface area contributed by atoms with Gasteiger partial charge < -0.3 is 26.7 Å². The number of hydrogen-bond acceptors (Lipinski definition) is 0. The molecule has 0 radical (unpaired) electrons. The average molecular weight is 1140 g/mol. The molecular formula is C84H44N6. The fraction of sp³-hybridized carbons (Fsp3) is 0. The zero-order valence-electron chi connectivity index (χ0n) is 48.1. The van der Waals surface area contributed by atoms with Crippen LogP contribution in [0.1, 0.15) is 0 Å². The molecule has 0 amide bonds. The third-order valence-corrected chi connectivity index (χ3v) is 21.4. The van der Waals surface area contributed by atoms with Crippen LogP contribution in [0.15, 0.2) is 267 Å². The Balaban J connectivity index is 0.807. The second-order valence-electron chi connectivity index (χ2n) is 25.4. The predicted molar refractivity (Wildman–Crippen MR) is 379 cm³/mol. The van der Waals surface area contributed by atoms with Crippen molar-refractivity contribution < 1.29 is 0 Å². The molecule has 14 aromatic carbocycles. The third-order valence-electron chi connectivity index (χ3n) is 21.4. The number of nitrogens with zero attached hydrogens (tertiary/aromatic N) is 6. The highest BCUT2D eigenvalue weighted by Gasteiger charge is 2.32. The Kier molecular flexibility index (Phi) is 7.71. The van der Waals surface area contributed by atoms with Crippen LogP contribution in [-0.2, 0) is 0 Å². The van der Waals surface area contributed by atoms with Gasteiger partial charge in [-0.2, -0.15) is 0 Å². The van der Waals surface area contributed by atoms with Crippen LogP contribution in [-0.4, -0.2) is 26.7 Å². The summed E-state index contributed by atoms with van der Waals surface area (Å²) in [5.74, 6) is 0. The van der Waals surface area contributed by atoms with Crippen LogP contribution in [0.4, 0.5) is 0 Å². The minimum atomic E-state index is 1.16. The number of para-hydroxylation sites is 8. The van der Waals surface area contributed by atoms with Crippen molar-refractivity contribution in [3.05, 3.63) is 267 Å². The summed E-state index contributed by atoms with van der Waals surface area (Å²) in [4.78, 5) is 0. The van der Waals surface area contributed by atoms with Crippen molar-refractivity contribution in [3.63, 3.8) is 0 Å². The molecule has 0 saturated carbocycles. The Bertz CT molecular complexity index is 7370. The standard InChI is InChI=1S/C84H44N6/c1-3-19-46(20-4-1)85-62-33-14-9-25-52(62)73-66(85)39-40-67-77(73)80-75-56-30-17-29-55-72-48(28-18-36-65(72)90(81(55)56)70(75)43-58-49-23-7-12-31-60(49)87(67)83(58)80)45-37-38-51-59-44-71-78(76-54-27-11-16-35-64(54)88(82(59)76)68(51)41-45)79-74-53-26-10-15-34-63(53)86(47-21-5-2-6-22-47)69(74)42-57-50-24-8-13-32-61(50)89(71)84(57)79/h1-44H. The molecule has 6 heteroatoms. The second-order valence-corrected chi connectivity index (χ2v) is 25.4. The molecule has 0 bridgehead atoms. The summed E-state index contributed by atoms with van der Waals surface area (Å²) in [5, 5.41) is 25.8. The maximum Gasteiger partial charge on any atom is 0.0628 e. The van der Waals surface area contributed by atoms with Crippen LogP contribution < -0.4 is 0 Å². The topological polar surface area (TPSA) is 27.5 Å². The zero-order valence-corrected chi connectivity index (χ0v) is 48.1. The molecule has 0 N–H and O–H groups in total. The monoisotopic (exact) mass is 1140 g/mol. The fourth-order valence-corrected chi connectivity index (χ4v) is 18.3. The van der Waals surface area contributed by atoms with Crippen molar-refractivity contribution in [2.45, 2.75) is 0 Å². The molecule has 0 spiro atoms. The average Bonchev–Trinajstić information content (AvgIpc) is 1.50. The smallest absolute Gasteiger partial charge is 0.0628 e. The molecule has 6 nitrogen and oxygen atoms in total. The lowest BCUT2D eigenvalue weighted by atomic mass is 9.95. The van der Waals surface area contributed by atoms with E-state index < -0.39 is 0 Å². The number of hydrogen-bond donors (Lipinski definition) is 0. The van der Waals surface area contributed by atoms with Gasteiger partial charge in [-0.25, -0.2) is 0 Å². The van der Waals surface area contributed by atoms with E-state index in [1.165, 1.54) is 207 Å². The van der Waals surface area contributed by atoms with E-state index in [-0.39, 0.29) is 0 Å². The van der Waals surface area contributed by atoms with E-state index in [4.69, 9.17) is 0 Å². The van der Waals surface area contributed by atoms with Gasteiger partial charge in [-0.05, 0) is 108 Å². The number of benzene rings is 14. The maximum absolute atomic E-state index is 2.62. The highest BCUT2D eigenvalue weighted by Crippen LogP contribution is 2.55. The molecule has 90 heavy (non-hydrogen) atoms. The van der Waals surface area contributed by atoms with E-state index in [9.17, 15) is 0 Å². The summed E-state index contributed by atoms with van der Waals surface area (Å²) in [7, 11) is 0. The lowest BCUT2D eigenvalue weighted by molar-refractivity contribution is 1.18. The van der Waals surface area contributed by atoms with E-state index in [2.05, 4.69) is 294 Å². The summed E-state index contributed by atoms with van der Waals surface area (Å²) < 4.78 is 15.3. The molecule has 0 aliphatic carbocycles. The van der Waals surface area contributed by atoms with Crippen LogP contribution in [0.25, 0.3) is 218 Å². The summed E-state index contributed by atoms with van der Waals surface area (Å²) in [6, 6.07) is 101. The minimum Gasteiger partial charge on any atom is -0.309 e. The van der Waals surface area contributed by atoms with Crippen molar-refractivity contribution >= 4 is 196 Å². The van der Waals surface area contributed by atoms with Crippen LogP contribution in [0, 0.1) is 0 Å². The number of rotatable bonds is 3. The first-order chi connectivity index (χ1) is 44.7. The van der Waals surface area contributed by atoms with Gasteiger partial charge in [-0.1, -0.05) is 170 Å². The summed E-state index contributed by atoms with van der Waals surface area (Å²) >= 11 is 0. The van der Waals surface area contributed by atoms with Gasteiger partial charge in [0.05, 0.1) is 88.3 Å². The lowest BCUT2D eigenvalue weighted by Crippen LogP contribution is -1.92. The van der Waals surface area contributed by atoms with Crippen LogP contribution in [0.3, 0.4) is 0 Å². The van der Waals surface area contributed by atoms with Gasteiger partial charge in [0.1, 0.15) is 0 Å². The van der Waals surface area contributed by atoms with Crippen LogP contribution in [0.2, 0.25) is 0 Å². The molecule has 0 aliphatic rings. The van der Waals surface area contributed by atoms with Crippen molar-refractivity contribution in [1.29, 1.82) is 0 Å². The van der Waals surface area contributed by atoms with Crippen molar-refractivity contribution in [2.75, 3.05) is 0 Å². The predicted octanol–water partition coefficient (Wildman–Crippen LogP) is 22.1. The van der Waals surface area contributed by atoms with Crippen LogP contribution in [0.5, 0.6) is 0 Å². The SMILES string of the molecule is c1ccc(-n2c3ccccc3c3c4c5c6c7cccc8c9c(-c%10ccc%11c%12cc%13c(c%14c%15ccccc%15n(c%11c%10)c%12%14)c%10c%11c%12ccccc%12n(-c%12ccccc%12)c%11cc%11c%12ccccc%12n%13c%11%10)cccc9n(c6cc6c9ccccc9n(c4ccc32)c65)c87)cc1.